The van der Waals surface area contributed by atoms with Crippen molar-refractivity contribution in [3.63, 3.8) is 0 Å². The normalized spacial score (nSPS) is 14.7. The largest absolute Gasteiger partial charge is 0.507 e. The first-order valence-electron chi connectivity index (χ1n) is 10.3. The first kappa shape index (κ1) is 21.5. The van der Waals surface area contributed by atoms with Crippen LogP contribution in [0.25, 0.3) is 11.3 Å². The van der Waals surface area contributed by atoms with Gasteiger partial charge in [0.1, 0.15) is 23.3 Å². The standard InChI is InChI=1S/C23H23FN4O4/c24-16-6-7-21(29)17(13-16)18-14-19(27-26-18)22(30)25-20(12-15-4-2-1-3-5-15)23(31)28-8-10-32-11-9-28/h1-7,13-14,20,29H,8-12H2,(H,25,30)(H,26,27). The molecule has 2 heterocycles. The van der Waals surface area contributed by atoms with Crippen molar-refractivity contribution < 1.29 is 23.8 Å². The van der Waals surface area contributed by atoms with Crippen molar-refractivity contribution in [3.8, 4) is 17.0 Å². The highest BCUT2D eigenvalue weighted by molar-refractivity contribution is 5.97. The molecule has 0 radical (unpaired) electrons. The Bertz CT molecular complexity index is 1100. The van der Waals surface area contributed by atoms with Crippen molar-refractivity contribution in [2.24, 2.45) is 0 Å². The number of nitrogens with zero attached hydrogens (tertiary/aromatic N) is 2. The number of carbonyl (C=O) groups excluding carboxylic acids is 2. The molecule has 3 aromatic rings. The van der Waals surface area contributed by atoms with Gasteiger partial charge in [-0.15, -0.1) is 0 Å². The zero-order valence-electron chi connectivity index (χ0n) is 17.3. The summed E-state index contributed by atoms with van der Waals surface area (Å²) in [6.07, 6.45) is 0.328. The summed E-state index contributed by atoms with van der Waals surface area (Å²) in [7, 11) is 0. The summed E-state index contributed by atoms with van der Waals surface area (Å²) in [5.41, 5.74) is 1.38. The van der Waals surface area contributed by atoms with Gasteiger partial charge in [-0.25, -0.2) is 4.39 Å². The average Bonchev–Trinajstić information content (AvgIpc) is 3.31. The van der Waals surface area contributed by atoms with Crippen LogP contribution in [0.4, 0.5) is 4.39 Å². The maximum absolute atomic E-state index is 13.6. The van der Waals surface area contributed by atoms with Crippen LogP contribution < -0.4 is 5.32 Å². The zero-order valence-corrected chi connectivity index (χ0v) is 17.3. The minimum absolute atomic E-state index is 0.0940. The van der Waals surface area contributed by atoms with E-state index >= 15 is 0 Å². The van der Waals surface area contributed by atoms with Gasteiger partial charge in [0.2, 0.25) is 5.91 Å². The molecule has 1 aromatic heterocycles. The van der Waals surface area contributed by atoms with Gasteiger partial charge in [-0.05, 0) is 29.8 Å². The molecule has 1 fully saturated rings. The van der Waals surface area contributed by atoms with E-state index in [9.17, 15) is 19.1 Å². The molecule has 0 spiro atoms. The van der Waals surface area contributed by atoms with Crippen molar-refractivity contribution in [1.82, 2.24) is 20.4 Å². The molecular weight excluding hydrogens is 415 g/mol. The molecule has 0 aliphatic carbocycles. The number of phenolic OH excluding ortho intramolecular Hbond substituents is 1. The second-order valence-corrected chi connectivity index (χ2v) is 7.48. The van der Waals surface area contributed by atoms with Gasteiger partial charge in [-0.1, -0.05) is 30.3 Å². The monoisotopic (exact) mass is 438 g/mol. The molecular formula is C23H23FN4O4. The van der Waals surface area contributed by atoms with Gasteiger partial charge in [0.15, 0.2) is 0 Å². The van der Waals surface area contributed by atoms with Crippen LogP contribution in [0.15, 0.2) is 54.6 Å². The predicted molar refractivity (Wildman–Crippen MR) is 114 cm³/mol. The van der Waals surface area contributed by atoms with Crippen LogP contribution in [-0.2, 0) is 16.0 Å². The smallest absolute Gasteiger partial charge is 0.269 e. The lowest BCUT2D eigenvalue weighted by molar-refractivity contribution is -0.137. The number of benzene rings is 2. The number of rotatable bonds is 6. The van der Waals surface area contributed by atoms with Crippen molar-refractivity contribution in [2.75, 3.05) is 26.3 Å². The topological polar surface area (TPSA) is 108 Å². The van der Waals surface area contributed by atoms with Crippen LogP contribution in [0.1, 0.15) is 16.1 Å². The molecule has 8 nitrogen and oxygen atoms in total. The second kappa shape index (κ2) is 9.61. The van der Waals surface area contributed by atoms with Gasteiger partial charge in [-0.3, -0.25) is 14.7 Å². The van der Waals surface area contributed by atoms with Crippen LogP contribution in [0.5, 0.6) is 5.75 Å². The van der Waals surface area contributed by atoms with Crippen molar-refractivity contribution in [3.05, 3.63) is 71.7 Å². The molecule has 1 unspecified atom stereocenters. The van der Waals surface area contributed by atoms with Gasteiger partial charge in [0.05, 0.1) is 18.9 Å². The Morgan fingerprint density at radius 3 is 2.66 bits per heavy atom. The highest BCUT2D eigenvalue weighted by Gasteiger charge is 2.28. The fourth-order valence-corrected chi connectivity index (χ4v) is 3.58. The number of halogens is 1. The molecule has 166 valence electrons. The number of ether oxygens (including phenoxy) is 1. The van der Waals surface area contributed by atoms with Gasteiger partial charge in [-0.2, -0.15) is 5.10 Å². The van der Waals surface area contributed by atoms with E-state index < -0.39 is 17.8 Å². The number of morpholine rings is 1. The summed E-state index contributed by atoms with van der Waals surface area (Å²) in [5.74, 6) is -1.41. The molecule has 0 saturated carbocycles. The lowest BCUT2D eigenvalue weighted by Gasteiger charge is -2.30. The summed E-state index contributed by atoms with van der Waals surface area (Å²) >= 11 is 0. The number of H-pyrrole nitrogens is 1. The Balaban J connectivity index is 1.53. The van der Waals surface area contributed by atoms with Crippen LogP contribution in [0, 0.1) is 5.82 Å². The number of aromatic nitrogens is 2. The fourth-order valence-electron chi connectivity index (χ4n) is 3.58. The number of carbonyl (C=O) groups is 2. The quantitative estimate of drug-likeness (QED) is 0.547. The molecule has 0 bridgehead atoms. The van der Waals surface area contributed by atoms with Crippen LogP contribution in [0.2, 0.25) is 0 Å². The van der Waals surface area contributed by atoms with Crippen LogP contribution in [0.3, 0.4) is 0 Å². The third kappa shape index (κ3) is 4.94. The van der Waals surface area contributed by atoms with Gasteiger partial charge < -0.3 is 20.1 Å². The summed E-state index contributed by atoms with van der Waals surface area (Å²) in [6.45, 7) is 1.84. The number of aromatic amines is 1. The number of aromatic hydroxyl groups is 1. The van der Waals surface area contributed by atoms with Crippen molar-refractivity contribution in [2.45, 2.75) is 12.5 Å². The minimum atomic E-state index is -0.780. The molecule has 1 aliphatic heterocycles. The van der Waals surface area contributed by atoms with E-state index in [1.54, 1.807) is 4.90 Å². The minimum Gasteiger partial charge on any atom is -0.507 e. The fraction of sp³-hybridized carbons (Fsp3) is 0.261. The third-order valence-corrected chi connectivity index (χ3v) is 5.27. The summed E-state index contributed by atoms with van der Waals surface area (Å²) in [4.78, 5) is 27.7. The molecule has 2 aromatic carbocycles. The van der Waals surface area contributed by atoms with Crippen LogP contribution >= 0.6 is 0 Å². The number of hydrogen-bond acceptors (Lipinski definition) is 5. The van der Waals surface area contributed by atoms with E-state index in [1.165, 1.54) is 12.1 Å². The Hall–Kier alpha value is -3.72. The van der Waals surface area contributed by atoms with Crippen LogP contribution in [-0.4, -0.2) is 64.4 Å². The van der Waals surface area contributed by atoms with E-state index in [2.05, 4.69) is 15.5 Å². The lowest BCUT2D eigenvalue weighted by Crippen LogP contribution is -2.52. The van der Waals surface area contributed by atoms with Crippen molar-refractivity contribution in [1.29, 1.82) is 0 Å². The summed E-state index contributed by atoms with van der Waals surface area (Å²) < 4.78 is 18.9. The summed E-state index contributed by atoms with van der Waals surface area (Å²) in [5, 5.41) is 19.4. The predicted octanol–water partition coefficient (Wildman–Crippen LogP) is 2.12. The lowest BCUT2D eigenvalue weighted by atomic mass is 10.0. The maximum Gasteiger partial charge on any atom is 0.269 e. The van der Waals surface area contributed by atoms with Gasteiger partial charge >= 0.3 is 0 Å². The summed E-state index contributed by atoms with van der Waals surface area (Å²) in [6, 6.07) is 13.5. The molecule has 1 atom stereocenters. The molecule has 1 saturated heterocycles. The molecule has 4 rings (SSSR count). The highest BCUT2D eigenvalue weighted by Crippen LogP contribution is 2.28. The number of phenols is 1. The Kier molecular flexibility index (Phi) is 6.46. The van der Waals surface area contributed by atoms with Gasteiger partial charge in [0, 0.05) is 25.1 Å². The molecule has 3 N–H and O–H groups in total. The van der Waals surface area contributed by atoms with E-state index in [-0.39, 0.29) is 28.6 Å². The Morgan fingerprint density at radius 2 is 1.91 bits per heavy atom. The van der Waals surface area contributed by atoms with E-state index in [4.69, 9.17) is 4.74 Å². The second-order valence-electron chi connectivity index (χ2n) is 7.48. The molecule has 2 amide bonds. The molecule has 32 heavy (non-hydrogen) atoms. The zero-order chi connectivity index (χ0) is 22.5. The van der Waals surface area contributed by atoms with E-state index in [1.807, 2.05) is 30.3 Å². The SMILES string of the molecule is O=C(NC(Cc1ccccc1)C(=O)N1CCOCC1)c1cc(-c2cc(F)ccc2O)n[nH]1. The Labute approximate surface area is 184 Å². The highest BCUT2D eigenvalue weighted by atomic mass is 19.1. The molecule has 1 aliphatic rings. The Morgan fingerprint density at radius 1 is 1.16 bits per heavy atom. The van der Waals surface area contributed by atoms with Crippen molar-refractivity contribution >= 4 is 11.8 Å². The first-order chi connectivity index (χ1) is 15.5. The van der Waals surface area contributed by atoms with E-state index in [0.717, 1.165) is 17.7 Å². The van der Waals surface area contributed by atoms with Gasteiger partial charge in [0.25, 0.3) is 5.91 Å². The molecule has 9 heteroatoms. The first-order valence-corrected chi connectivity index (χ1v) is 10.3. The third-order valence-electron chi connectivity index (χ3n) is 5.27. The maximum atomic E-state index is 13.6. The number of amides is 2. The van der Waals surface area contributed by atoms with E-state index in [0.29, 0.717) is 32.7 Å². The number of nitrogens with one attached hydrogen (secondary N) is 2. The number of hydrogen-bond donors (Lipinski definition) is 3. The average molecular weight is 438 g/mol.